The zero-order valence-electron chi connectivity index (χ0n) is 11.4. The van der Waals surface area contributed by atoms with Crippen molar-refractivity contribution >= 4 is 5.97 Å². The van der Waals surface area contributed by atoms with Gasteiger partial charge in [-0.1, -0.05) is 0 Å². The van der Waals surface area contributed by atoms with Crippen molar-refractivity contribution in [3.8, 4) is 17.2 Å². The molecule has 0 aromatic heterocycles. The van der Waals surface area contributed by atoms with Crippen LogP contribution < -0.4 is 25.1 Å². The number of hydrogen-bond donors (Lipinski definition) is 1. The zero-order valence-corrected chi connectivity index (χ0v) is 11.4. The summed E-state index contributed by atoms with van der Waals surface area (Å²) in [5.41, 5.74) is 4.69. The second kappa shape index (κ2) is 6.84. The summed E-state index contributed by atoms with van der Waals surface area (Å²) in [6.45, 7) is 0. The van der Waals surface area contributed by atoms with Gasteiger partial charge in [-0.2, -0.15) is 0 Å². The normalized spacial score (nSPS) is 11.8. The SMILES string of the molecule is COc1cc(OC)c([C@H]([NH3+])CCC(=O)[O-])c(OC)c1. The van der Waals surface area contributed by atoms with E-state index in [-0.39, 0.29) is 12.5 Å². The van der Waals surface area contributed by atoms with Gasteiger partial charge in [0.1, 0.15) is 23.3 Å². The Labute approximate surface area is 112 Å². The molecular formula is C13H19NO5. The van der Waals surface area contributed by atoms with E-state index in [0.29, 0.717) is 23.7 Å². The third-order valence-electron chi connectivity index (χ3n) is 2.86. The topological polar surface area (TPSA) is 95.5 Å². The van der Waals surface area contributed by atoms with Gasteiger partial charge in [0.05, 0.1) is 26.9 Å². The first-order chi connectivity index (χ1) is 9.03. The lowest BCUT2D eigenvalue weighted by molar-refractivity contribution is -0.429. The summed E-state index contributed by atoms with van der Waals surface area (Å²) in [6, 6.07) is 3.16. The Morgan fingerprint density at radius 3 is 2.11 bits per heavy atom. The van der Waals surface area contributed by atoms with Crippen molar-refractivity contribution in [3.05, 3.63) is 17.7 Å². The van der Waals surface area contributed by atoms with E-state index in [1.807, 2.05) is 0 Å². The van der Waals surface area contributed by atoms with Crippen LogP contribution in [0.3, 0.4) is 0 Å². The van der Waals surface area contributed by atoms with Gasteiger partial charge in [-0.15, -0.1) is 0 Å². The highest BCUT2D eigenvalue weighted by molar-refractivity contribution is 5.64. The van der Waals surface area contributed by atoms with Crippen LogP contribution in [0.2, 0.25) is 0 Å². The molecule has 0 amide bonds. The van der Waals surface area contributed by atoms with Crippen molar-refractivity contribution in [3.63, 3.8) is 0 Å². The average molecular weight is 269 g/mol. The minimum Gasteiger partial charge on any atom is -0.550 e. The molecule has 0 saturated carbocycles. The number of carbonyl (C=O) groups is 1. The first-order valence-corrected chi connectivity index (χ1v) is 5.86. The van der Waals surface area contributed by atoms with Gasteiger partial charge in [0.25, 0.3) is 0 Å². The Bertz CT molecular complexity index is 422. The number of ether oxygens (including phenoxy) is 3. The molecule has 0 spiro atoms. The average Bonchev–Trinajstić information content (AvgIpc) is 2.42. The highest BCUT2D eigenvalue weighted by Gasteiger charge is 2.22. The van der Waals surface area contributed by atoms with E-state index < -0.39 is 5.97 Å². The van der Waals surface area contributed by atoms with E-state index in [9.17, 15) is 9.90 Å². The first-order valence-electron chi connectivity index (χ1n) is 5.86. The molecule has 3 N–H and O–H groups in total. The minimum atomic E-state index is -1.10. The summed E-state index contributed by atoms with van der Waals surface area (Å²) >= 11 is 0. The fourth-order valence-corrected chi connectivity index (χ4v) is 1.87. The Kier molecular flexibility index (Phi) is 5.44. The van der Waals surface area contributed by atoms with Crippen molar-refractivity contribution in [1.82, 2.24) is 0 Å². The predicted octanol–water partition coefficient (Wildman–Crippen LogP) is -0.474. The molecule has 1 aromatic carbocycles. The van der Waals surface area contributed by atoms with Crippen LogP contribution in [0.1, 0.15) is 24.4 Å². The molecule has 0 aliphatic carbocycles. The Hall–Kier alpha value is -1.95. The molecule has 0 saturated heterocycles. The highest BCUT2D eigenvalue weighted by Crippen LogP contribution is 2.38. The van der Waals surface area contributed by atoms with Gasteiger partial charge < -0.3 is 29.8 Å². The molecule has 1 atom stereocenters. The number of carbonyl (C=O) groups excluding carboxylic acids is 1. The number of carboxylic acid groups (broad SMARTS) is 1. The molecule has 19 heavy (non-hydrogen) atoms. The third-order valence-corrected chi connectivity index (χ3v) is 2.86. The van der Waals surface area contributed by atoms with E-state index in [0.717, 1.165) is 5.56 Å². The number of hydrogen-bond acceptors (Lipinski definition) is 5. The Morgan fingerprint density at radius 2 is 1.74 bits per heavy atom. The van der Waals surface area contributed by atoms with E-state index in [1.165, 1.54) is 14.2 Å². The van der Waals surface area contributed by atoms with Crippen molar-refractivity contribution in [2.45, 2.75) is 18.9 Å². The number of methoxy groups -OCH3 is 3. The van der Waals surface area contributed by atoms with Crippen molar-refractivity contribution in [1.29, 1.82) is 0 Å². The van der Waals surface area contributed by atoms with Crippen molar-refractivity contribution in [2.75, 3.05) is 21.3 Å². The predicted molar refractivity (Wildman–Crippen MR) is 66.0 cm³/mol. The van der Waals surface area contributed by atoms with E-state index in [4.69, 9.17) is 14.2 Å². The molecule has 0 fully saturated rings. The van der Waals surface area contributed by atoms with Crippen LogP contribution in [0.25, 0.3) is 0 Å². The Balaban J connectivity index is 3.12. The molecule has 6 nitrogen and oxygen atoms in total. The van der Waals surface area contributed by atoms with Crippen molar-refractivity contribution in [2.24, 2.45) is 0 Å². The fourth-order valence-electron chi connectivity index (χ4n) is 1.87. The number of quaternary nitrogens is 1. The summed E-state index contributed by atoms with van der Waals surface area (Å²) in [6.07, 6.45) is 0.286. The molecular weight excluding hydrogens is 250 g/mol. The highest BCUT2D eigenvalue weighted by atomic mass is 16.5. The molecule has 1 aromatic rings. The minimum absolute atomic E-state index is 0.0630. The van der Waals surface area contributed by atoms with Crippen LogP contribution in [0, 0.1) is 0 Å². The second-order valence-electron chi connectivity index (χ2n) is 4.05. The van der Waals surface area contributed by atoms with Gasteiger partial charge in [0.15, 0.2) is 0 Å². The monoisotopic (exact) mass is 269 g/mol. The number of rotatable bonds is 7. The molecule has 0 radical (unpaired) electrons. The molecule has 1 rings (SSSR count). The summed E-state index contributed by atoms with van der Waals surface area (Å²) in [5.74, 6) is 0.633. The van der Waals surface area contributed by atoms with Crippen LogP contribution in [0.15, 0.2) is 12.1 Å². The summed E-state index contributed by atoms with van der Waals surface area (Å²) in [5, 5.41) is 10.5. The lowest BCUT2D eigenvalue weighted by atomic mass is 10.0. The van der Waals surface area contributed by atoms with Crippen LogP contribution in [0.5, 0.6) is 17.2 Å². The number of aliphatic carboxylic acids is 1. The summed E-state index contributed by atoms with van der Waals surface area (Å²) in [4.78, 5) is 10.5. The Morgan fingerprint density at radius 1 is 1.21 bits per heavy atom. The standard InChI is InChI=1S/C13H19NO5/c1-17-8-6-10(18-2)13(11(7-8)19-3)9(14)4-5-12(15)16/h6-7,9H,4-5,14H2,1-3H3,(H,15,16)/t9-/m1/s1. The summed E-state index contributed by atoms with van der Waals surface area (Å²) in [7, 11) is 4.61. The van der Waals surface area contributed by atoms with Crippen LogP contribution >= 0.6 is 0 Å². The largest absolute Gasteiger partial charge is 0.550 e. The van der Waals surface area contributed by atoms with Gasteiger partial charge >= 0.3 is 0 Å². The van der Waals surface area contributed by atoms with Gasteiger partial charge in [-0.05, 0) is 6.42 Å². The van der Waals surface area contributed by atoms with Gasteiger partial charge in [0.2, 0.25) is 0 Å². The van der Waals surface area contributed by atoms with E-state index in [1.54, 1.807) is 19.2 Å². The molecule has 0 aliphatic rings. The maximum absolute atomic E-state index is 10.5. The first kappa shape index (κ1) is 15.1. The fraction of sp³-hybridized carbons (Fsp3) is 0.462. The second-order valence-corrected chi connectivity index (χ2v) is 4.05. The molecule has 6 heteroatoms. The number of benzene rings is 1. The third kappa shape index (κ3) is 3.75. The molecule has 0 aliphatic heterocycles. The lowest BCUT2D eigenvalue weighted by Crippen LogP contribution is -2.54. The molecule has 0 bridgehead atoms. The number of carboxylic acids is 1. The van der Waals surface area contributed by atoms with Gasteiger partial charge in [-0.25, -0.2) is 0 Å². The van der Waals surface area contributed by atoms with Gasteiger partial charge in [-0.3, -0.25) is 0 Å². The van der Waals surface area contributed by atoms with Crippen LogP contribution in [0.4, 0.5) is 0 Å². The molecule has 0 heterocycles. The van der Waals surface area contributed by atoms with E-state index in [2.05, 4.69) is 5.73 Å². The van der Waals surface area contributed by atoms with E-state index >= 15 is 0 Å². The maximum Gasteiger partial charge on any atom is 0.135 e. The summed E-state index contributed by atoms with van der Waals surface area (Å²) < 4.78 is 15.7. The van der Waals surface area contributed by atoms with Crippen molar-refractivity contribution < 1.29 is 29.8 Å². The maximum atomic E-state index is 10.5. The zero-order chi connectivity index (χ0) is 14.4. The van der Waals surface area contributed by atoms with Gasteiger partial charge in [0, 0.05) is 24.5 Å². The smallest absolute Gasteiger partial charge is 0.135 e. The quantitative estimate of drug-likeness (QED) is 0.721. The van der Waals surface area contributed by atoms with Crippen LogP contribution in [-0.4, -0.2) is 27.3 Å². The molecule has 106 valence electrons. The lowest BCUT2D eigenvalue weighted by Gasteiger charge is -2.18. The molecule has 0 unspecified atom stereocenters. The van der Waals surface area contributed by atoms with Crippen LogP contribution in [-0.2, 0) is 4.79 Å².